The number of rotatable bonds is 7. The fourth-order valence-electron chi connectivity index (χ4n) is 2.06. The minimum Gasteiger partial charge on any atom is -0.480 e. The smallest absolute Gasteiger partial charge is 0.323 e. The predicted octanol–water partition coefficient (Wildman–Crippen LogP) is 1.71. The van der Waals surface area contributed by atoms with E-state index in [1.54, 1.807) is 16.2 Å². The topological polar surface area (TPSA) is 69.6 Å². The monoisotopic (exact) mass is 308 g/mol. The van der Waals surface area contributed by atoms with Crippen LogP contribution >= 0.6 is 11.3 Å². The van der Waals surface area contributed by atoms with Crippen LogP contribution in [-0.2, 0) is 11.2 Å². The summed E-state index contributed by atoms with van der Waals surface area (Å²) in [6, 6.07) is 2.07. The van der Waals surface area contributed by atoms with Crippen LogP contribution in [0.3, 0.4) is 0 Å². The first-order valence-corrected chi connectivity index (χ1v) is 7.67. The Hall–Kier alpha value is -1.73. The van der Waals surface area contributed by atoms with Gasteiger partial charge in [0, 0.05) is 18.0 Å². The molecule has 2 heterocycles. The molecular weight excluding hydrogens is 288 g/mol. The number of fused-ring (bicyclic) bond motifs is 1. The average molecular weight is 308 g/mol. The van der Waals surface area contributed by atoms with E-state index >= 15 is 0 Å². The molecule has 114 valence electrons. The van der Waals surface area contributed by atoms with Crippen molar-refractivity contribution in [3.63, 3.8) is 0 Å². The van der Waals surface area contributed by atoms with E-state index < -0.39 is 5.97 Å². The van der Waals surface area contributed by atoms with Gasteiger partial charge in [-0.15, -0.1) is 11.3 Å². The second-order valence-electron chi connectivity index (χ2n) is 5.10. The van der Waals surface area contributed by atoms with Gasteiger partial charge >= 0.3 is 5.97 Å². The number of carboxylic acid groups (broad SMARTS) is 1. The summed E-state index contributed by atoms with van der Waals surface area (Å²) < 4.78 is 0. The number of anilines is 1. The van der Waals surface area contributed by atoms with Crippen molar-refractivity contribution in [1.29, 1.82) is 0 Å². The zero-order chi connectivity index (χ0) is 15.4. The SMILES string of the molecule is CCc1cc2c(N(CCN(C)C)CC(=O)O)ncnc2s1. The average Bonchev–Trinajstić information content (AvgIpc) is 2.85. The number of carboxylic acids is 1. The zero-order valence-corrected chi connectivity index (χ0v) is 13.4. The van der Waals surface area contributed by atoms with Crippen LogP contribution in [-0.4, -0.2) is 59.7 Å². The Balaban J connectivity index is 2.37. The molecule has 0 saturated heterocycles. The highest BCUT2D eigenvalue weighted by Gasteiger charge is 2.17. The Morgan fingerprint density at radius 1 is 1.33 bits per heavy atom. The molecule has 0 bridgehead atoms. The highest BCUT2D eigenvalue weighted by molar-refractivity contribution is 7.18. The molecule has 6 nitrogen and oxygen atoms in total. The number of aromatic nitrogens is 2. The van der Waals surface area contributed by atoms with E-state index in [0.717, 1.165) is 23.2 Å². The number of aliphatic carboxylic acids is 1. The summed E-state index contributed by atoms with van der Waals surface area (Å²) in [7, 11) is 3.93. The first-order valence-electron chi connectivity index (χ1n) is 6.86. The summed E-state index contributed by atoms with van der Waals surface area (Å²) in [5.74, 6) is -0.147. The van der Waals surface area contributed by atoms with Crippen molar-refractivity contribution in [2.75, 3.05) is 38.6 Å². The molecule has 7 heteroatoms. The molecule has 21 heavy (non-hydrogen) atoms. The van der Waals surface area contributed by atoms with Crippen molar-refractivity contribution in [3.8, 4) is 0 Å². The van der Waals surface area contributed by atoms with E-state index in [2.05, 4.69) is 23.0 Å². The van der Waals surface area contributed by atoms with Crippen LogP contribution in [0.5, 0.6) is 0 Å². The third-order valence-corrected chi connectivity index (χ3v) is 4.34. The Labute approximate surface area is 128 Å². The minimum atomic E-state index is -0.855. The van der Waals surface area contributed by atoms with Crippen molar-refractivity contribution < 1.29 is 9.90 Å². The van der Waals surface area contributed by atoms with Gasteiger partial charge in [0.1, 0.15) is 23.5 Å². The Bertz CT molecular complexity index is 626. The first-order chi connectivity index (χ1) is 10.0. The molecule has 0 atom stereocenters. The second-order valence-corrected chi connectivity index (χ2v) is 6.22. The van der Waals surface area contributed by atoms with Gasteiger partial charge in [-0.05, 0) is 26.6 Å². The molecule has 1 N–H and O–H groups in total. The number of thiophene rings is 1. The fraction of sp³-hybridized carbons (Fsp3) is 0.500. The van der Waals surface area contributed by atoms with Gasteiger partial charge in [-0.2, -0.15) is 0 Å². The second kappa shape index (κ2) is 6.82. The van der Waals surface area contributed by atoms with Crippen molar-refractivity contribution in [2.45, 2.75) is 13.3 Å². The van der Waals surface area contributed by atoms with Gasteiger partial charge in [-0.3, -0.25) is 4.79 Å². The molecule has 2 rings (SSSR count). The lowest BCUT2D eigenvalue weighted by atomic mass is 10.3. The van der Waals surface area contributed by atoms with Crippen molar-refractivity contribution in [2.24, 2.45) is 0 Å². The van der Waals surface area contributed by atoms with Crippen LogP contribution in [0.4, 0.5) is 5.82 Å². The van der Waals surface area contributed by atoms with Gasteiger partial charge in [0.15, 0.2) is 0 Å². The maximum absolute atomic E-state index is 11.1. The third-order valence-electron chi connectivity index (χ3n) is 3.15. The zero-order valence-electron chi connectivity index (χ0n) is 12.5. The molecule has 0 spiro atoms. The van der Waals surface area contributed by atoms with Gasteiger partial charge in [-0.1, -0.05) is 6.92 Å². The standard InChI is InChI=1S/C14H20N4O2S/c1-4-10-7-11-13(15-9-16-14(11)21-10)18(8-12(19)20)6-5-17(2)3/h7,9H,4-6,8H2,1-3H3,(H,19,20). The predicted molar refractivity (Wildman–Crippen MR) is 85.2 cm³/mol. The minimum absolute atomic E-state index is 0.0583. The maximum Gasteiger partial charge on any atom is 0.323 e. The van der Waals surface area contributed by atoms with E-state index in [9.17, 15) is 4.79 Å². The molecule has 0 aliphatic rings. The molecule has 0 saturated carbocycles. The summed E-state index contributed by atoms with van der Waals surface area (Å²) >= 11 is 1.64. The molecule has 2 aromatic rings. The number of nitrogens with zero attached hydrogens (tertiary/aromatic N) is 4. The Kier molecular flexibility index (Phi) is 5.08. The number of hydrogen-bond acceptors (Lipinski definition) is 6. The summed E-state index contributed by atoms with van der Waals surface area (Å²) in [5.41, 5.74) is 0. The highest BCUT2D eigenvalue weighted by atomic mass is 32.1. The lowest BCUT2D eigenvalue weighted by Gasteiger charge is -2.23. The highest BCUT2D eigenvalue weighted by Crippen LogP contribution is 2.30. The lowest BCUT2D eigenvalue weighted by Crippen LogP contribution is -2.36. The molecule has 0 aromatic carbocycles. The van der Waals surface area contributed by atoms with Crippen LogP contribution in [0, 0.1) is 0 Å². The molecule has 0 aliphatic carbocycles. The molecule has 0 fully saturated rings. The van der Waals surface area contributed by atoms with Crippen LogP contribution in [0.15, 0.2) is 12.4 Å². The third kappa shape index (κ3) is 3.89. The molecule has 0 radical (unpaired) electrons. The Morgan fingerprint density at radius 3 is 2.71 bits per heavy atom. The number of aryl methyl sites for hydroxylation is 1. The molecule has 0 unspecified atom stereocenters. The van der Waals surface area contributed by atoms with E-state index in [1.165, 1.54) is 11.2 Å². The number of hydrogen-bond donors (Lipinski definition) is 1. The molecule has 2 aromatic heterocycles. The number of carbonyl (C=O) groups is 1. The Morgan fingerprint density at radius 2 is 2.10 bits per heavy atom. The summed E-state index contributed by atoms with van der Waals surface area (Å²) in [6.45, 7) is 3.42. The van der Waals surface area contributed by atoms with Crippen molar-refractivity contribution in [1.82, 2.24) is 14.9 Å². The van der Waals surface area contributed by atoms with Crippen LogP contribution in [0.1, 0.15) is 11.8 Å². The maximum atomic E-state index is 11.1. The largest absolute Gasteiger partial charge is 0.480 e. The van der Waals surface area contributed by atoms with E-state index in [1.807, 2.05) is 19.0 Å². The lowest BCUT2D eigenvalue weighted by molar-refractivity contribution is -0.135. The van der Waals surface area contributed by atoms with E-state index in [4.69, 9.17) is 5.11 Å². The van der Waals surface area contributed by atoms with E-state index in [0.29, 0.717) is 12.4 Å². The molecular formula is C14H20N4O2S. The molecule has 0 aliphatic heterocycles. The molecule has 0 amide bonds. The quantitative estimate of drug-likeness (QED) is 0.839. The van der Waals surface area contributed by atoms with Crippen LogP contribution < -0.4 is 4.90 Å². The first kappa shape index (κ1) is 15.7. The van der Waals surface area contributed by atoms with E-state index in [-0.39, 0.29) is 6.54 Å². The summed E-state index contributed by atoms with van der Waals surface area (Å²) in [5, 5.41) is 10.1. The summed E-state index contributed by atoms with van der Waals surface area (Å²) in [4.78, 5) is 25.7. The number of likely N-dealkylation sites (N-methyl/N-ethyl adjacent to an activating group) is 1. The van der Waals surface area contributed by atoms with Gasteiger partial charge < -0.3 is 14.9 Å². The normalized spacial score (nSPS) is 11.2. The van der Waals surface area contributed by atoms with Gasteiger partial charge in [0.05, 0.1) is 5.39 Å². The van der Waals surface area contributed by atoms with Gasteiger partial charge in [-0.25, -0.2) is 9.97 Å². The summed E-state index contributed by atoms with van der Waals surface area (Å²) in [6.07, 6.45) is 2.45. The van der Waals surface area contributed by atoms with Gasteiger partial charge in [0.25, 0.3) is 0 Å². The van der Waals surface area contributed by atoms with Gasteiger partial charge in [0.2, 0.25) is 0 Å². The van der Waals surface area contributed by atoms with Crippen LogP contribution in [0.25, 0.3) is 10.2 Å². The van der Waals surface area contributed by atoms with Crippen molar-refractivity contribution in [3.05, 3.63) is 17.3 Å². The van der Waals surface area contributed by atoms with Crippen LogP contribution in [0.2, 0.25) is 0 Å². The van der Waals surface area contributed by atoms with Crippen molar-refractivity contribution >= 4 is 33.3 Å². The fourth-order valence-corrected chi connectivity index (χ4v) is 2.99.